The van der Waals surface area contributed by atoms with Gasteiger partial charge in [0.15, 0.2) is 12.1 Å². The Bertz CT molecular complexity index is 734. The van der Waals surface area contributed by atoms with Gasteiger partial charge in [-0.05, 0) is 36.6 Å². The molecule has 0 aromatic heterocycles. The molecule has 3 unspecified atom stereocenters. The molecule has 1 aromatic rings. The highest BCUT2D eigenvalue weighted by atomic mass is 16.5. The van der Waals surface area contributed by atoms with E-state index in [1.165, 1.54) is 11.8 Å². The Morgan fingerprint density at radius 2 is 2.00 bits per heavy atom. The minimum atomic E-state index is -0.347. The molecule has 1 saturated carbocycles. The van der Waals surface area contributed by atoms with Crippen LogP contribution in [-0.4, -0.2) is 55.8 Å². The third kappa shape index (κ3) is 3.98. The van der Waals surface area contributed by atoms with Crippen LogP contribution >= 0.6 is 0 Å². The second kappa shape index (κ2) is 7.77. The van der Waals surface area contributed by atoms with E-state index in [2.05, 4.69) is 46.4 Å². The zero-order valence-electron chi connectivity index (χ0n) is 15.7. The lowest BCUT2D eigenvalue weighted by atomic mass is 9.90. The van der Waals surface area contributed by atoms with Crippen molar-refractivity contribution in [2.75, 3.05) is 26.0 Å². The summed E-state index contributed by atoms with van der Waals surface area (Å²) >= 11 is 0. The summed E-state index contributed by atoms with van der Waals surface area (Å²) in [5, 5.41) is 0. The van der Waals surface area contributed by atoms with Gasteiger partial charge in [0.05, 0.1) is 12.5 Å². The average molecular weight is 355 g/mol. The van der Waals surface area contributed by atoms with Crippen molar-refractivity contribution in [3.63, 3.8) is 0 Å². The van der Waals surface area contributed by atoms with Crippen LogP contribution in [0.25, 0.3) is 6.08 Å². The van der Waals surface area contributed by atoms with Gasteiger partial charge < -0.3 is 14.4 Å². The number of anilines is 1. The van der Waals surface area contributed by atoms with Gasteiger partial charge in [-0.15, -0.1) is 0 Å². The molecule has 1 aliphatic carbocycles. The minimum absolute atomic E-state index is 0.0605. The molecule has 5 nitrogen and oxygen atoms in total. The zero-order valence-corrected chi connectivity index (χ0v) is 15.7. The number of esters is 1. The van der Waals surface area contributed by atoms with Crippen LogP contribution in [0.1, 0.15) is 24.8 Å². The van der Waals surface area contributed by atoms with Crippen LogP contribution in [0.4, 0.5) is 5.69 Å². The molecule has 138 valence electrons. The molecule has 2 aliphatic rings. The fourth-order valence-electron chi connectivity index (χ4n) is 3.56. The summed E-state index contributed by atoms with van der Waals surface area (Å²) in [6.45, 7) is 3.46. The van der Waals surface area contributed by atoms with Crippen LogP contribution < -0.4 is 4.90 Å². The molecular formula is C21H27N2O3+. The summed E-state index contributed by atoms with van der Waals surface area (Å²) < 4.78 is 13.7. The largest absolute Gasteiger partial charge is 0.459 e. The highest BCUT2D eigenvalue weighted by molar-refractivity contribution is 5.89. The monoisotopic (exact) mass is 355 g/mol. The standard InChI is InChI=1S/C21H27N2O3/c1-5-21(24)25-17-11-12-19-18(14-17)23(4)20(26-19)13-8-15-6-9-16(10-7-15)22(2)3/h5-10,13,17-19H,1,11-12,14H2,2-4H3/q+1. The molecule has 1 aromatic carbocycles. The highest BCUT2D eigenvalue weighted by Crippen LogP contribution is 2.30. The van der Waals surface area contributed by atoms with Crippen LogP contribution in [0.5, 0.6) is 0 Å². The van der Waals surface area contributed by atoms with Crippen LogP contribution in [0, 0.1) is 0 Å². The topological polar surface area (TPSA) is 41.8 Å². The van der Waals surface area contributed by atoms with E-state index >= 15 is 0 Å². The predicted octanol–water partition coefficient (Wildman–Crippen LogP) is 2.86. The molecule has 26 heavy (non-hydrogen) atoms. The van der Waals surface area contributed by atoms with Crippen molar-refractivity contribution in [2.45, 2.75) is 37.5 Å². The smallest absolute Gasteiger partial charge is 0.363 e. The molecule has 1 heterocycles. The molecule has 0 spiro atoms. The summed E-state index contributed by atoms with van der Waals surface area (Å²) in [6, 6.07) is 8.63. The third-order valence-electron chi connectivity index (χ3n) is 5.10. The Balaban J connectivity index is 1.67. The summed E-state index contributed by atoms with van der Waals surface area (Å²) in [6.07, 6.45) is 7.92. The molecule has 1 fully saturated rings. The molecule has 3 atom stereocenters. The fourth-order valence-corrected chi connectivity index (χ4v) is 3.56. The van der Waals surface area contributed by atoms with E-state index in [0.717, 1.165) is 30.7 Å². The lowest BCUT2D eigenvalue weighted by Gasteiger charge is -2.27. The first-order chi connectivity index (χ1) is 12.5. The number of carbonyl (C=O) groups is 1. The fraction of sp³-hybridized carbons (Fsp3) is 0.429. The Hall–Kier alpha value is -2.56. The van der Waals surface area contributed by atoms with E-state index in [-0.39, 0.29) is 24.2 Å². The Labute approximate surface area is 155 Å². The first-order valence-electron chi connectivity index (χ1n) is 9.03. The number of likely N-dealkylation sites (N-methyl/N-ethyl adjacent to an activating group) is 1. The number of benzene rings is 1. The van der Waals surface area contributed by atoms with Crippen molar-refractivity contribution in [3.8, 4) is 0 Å². The Kier molecular flexibility index (Phi) is 5.45. The van der Waals surface area contributed by atoms with Crippen LogP contribution in [0.2, 0.25) is 0 Å². The molecule has 1 aliphatic heterocycles. The van der Waals surface area contributed by atoms with E-state index in [1.54, 1.807) is 0 Å². The molecule has 3 rings (SSSR count). The number of hydrogen-bond donors (Lipinski definition) is 0. The van der Waals surface area contributed by atoms with E-state index in [0.29, 0.717) is 0 Å². The first-order valence-corrected chi connectivity index (χ1v) is 9.03. The highest BCUT2D eigenvalue weighted by Gasteiger charge is 2.45. The van der Waals surface area contributed by atoms with Gasteiger partial charge in [0.25, 0.3) is 0 Å². The van der Waals surface area contributed by atoms with Crippen molar-refractivity contribution in [1.29, 1.82) is 0 Å². The number of hydrogen-bond acceptors (Lipinski definition) is 4. The van der Waals surface area contributed by atoms with Gasteiger partial charge in [0.2, 0.25) is 0 Å². The second-order valence-electron chi connectivity index (χ2n) is 7.07. The Morgan fingerprint density at radius 3 is 2.65 bits per heavy atom. The number of nitrogens with zero attached hydrogens (tertiary/aromatic N) is 2. The normalized spacial score (nSPS) is 25.0. The van der Waals surface area contributed by atoms with Gasteiger partial charge in [0.1, 0.15) is 13.2 Å². The van der Waals surface area contributed by atoms with Gasteiger partial charge in [-0.3, -0.25) is 0 Å². The Morgan fingerprint density at radius 1 is 1.27 bits per heavy atom. The number of rotatable bonds is 5. The number of fused-ring (bicyclic) bond motifs is 1. The first kappa shape index (κ1) is 18.2. The van der Waals surface area contributed by atoms with Crippen LogP contribution in [0.3, 0.4) is 0 Å². The van der Waals surface area contributed by atoms with E-state index in [9.17, 15) is 4.79 Å². The third-order valence-corrected chi connectivity index (χ3v) is 5.10. The van der Waals surface area contributed by atoms with E-state index < -0.39 is 0 Å². The van der Waals surface area contributed by atoms with Gasteiger partial charge in [-0.2, -0.15) is 4.58 Å². The van der Waals surface area contributed by atoms with Gasteiger partial charge in [0, 0.05) is 25.9 Å². The molecule has 0 N–H and O–H groups in total. The quantitative estimate of drug-likeness (QED) is 0.463. The zero-order chi connectivity index (χ0) is 18.7. The lowest BCUT2D eigenvalue weighted by Crippen LogP contribution is -2.40. The predicted molar refractivity (Wildman–Crippen MR) is 104 cm³/mol. The van der Waals surface area contributed by atoms with Crippen LogP contribution in [0.15, 0.2) is 43.0 Å². The molecule has 5 heteroatoms. The summed E-state index contributed by atoms with van der Waals surface area (Å²) in [7, 11) is 6.10. The van der Waals surface area contributed by atoms with Crippen molar-refractivity contribution in [3.05, 3.63) is 48.6 Å². The van der Waals surface area contributed by atoms with Gasteiger partial charge >= 0.3 is 11.9 Å². The molecule has 0 amide bonds. The second-order valence-corrected chi connectivity index (χ2v) is 7.07. The maximum Gasteiger partial charge on any atom is 0.363 e. The van der Waals surface area contributed by atoms with Crippen molar-refractivity contribution in [2.24, 2.45) is 0 Å². The van der Waals surface area contributed by atoms with Gasteiger partial charge in [-0.1, -0.05) is 18.7 Å². The summed E-state index contributed by atoms with van der Waals surface area (Å²) in [5.41, 5.74) is 2.31. The molecular weight excluding hydrogens is 328 g/mol. The number of ether oxygens (including phenoxy) is 2. The molecule has 0 saturated heterocycles. The van der Waals surface area contributed by atoms with Crippen molar-refractivity contribution >= 4 is 23.6 Å². The number of carbonyl (C=O) groups excluding carboxylic acids is 1. The van der Waals surface area contributed by atoms with Gasteiger partial charge in [-0.25, -0.2) is 4.79 Å². The summed E-state index contributed by atoms with van der Waals surface area (Å²) in [5.74, 6) is 0.521. The van der Waals surface area contributed by atoms with Crippen molar-refractivity contribution < 1.29 is 18.8 Å². The lowest BCUT2D eigenvalue weighted by molar-refractivity contribution is -0.535. The van der Waals surface area contributed by atoms with E-state index in [1.807, 2.05) is 27.2 Å². The maximum absolute atomic E-state index is 11.4. The summed E-state index contributed by atoms with van der Waals surface area (Å²) in [4.78, 5) is 13.5. The van der Waals surface area contributed by atoms with E-state index in [4.69, 9.17) is 9.47 Å². The van der Waals surface area contributed by atoms with Crippen LogP contribution in [-0.2, 0) is 14.3 Å². The molecule has 0 bridgehead atoms. The average Bonchev–Trinajstić information content (AvgIpc) is 2.96. The maximum atomic E-state index is 11.4. The SMILES string of the molecule is C=CC(=O)OC1CCC2OC(C=Cc3ccc(N(C)C)cc3)=[N+](C)C2C1. The minimum Gasteiger partial charge on any atom is -0.459 e. The molecule has 0 radical (unpaired) electrons. The van der Waals surface area contributed by atoms with Crippen molar-refractivity contribution in [1.82, 2.24) is 0 Å².